The zero-order chi connectivity index (χ0) is 12.3. The molecule has 88 valence electrons. The highest BCUT2D eigenvalue weighted by molar-refractivity contribution is 7.86. The summed E-state index contributed by atoms with van der Waals surface area (Å²) in [6.45, 7) is 7.31. The summed E-state index contributed by atoms with van der Waals surface area (Å²) >= 11 is 0. The molecule has 2 heteroatoms. The zero-order valence-corrected chi connectivity index (χ0v) is 12.7. The van der Waals surface area contributed by atoms with Crippen molar-refractivity contribution in [3.8, 4) is 11.1 Å². The van der Waals surface area contributed by atoms with Crippen LogP contribution in [0.1, 0.15) is 0 Å². The minimum absolute atomic E-state index is 0.977. The number of hydrogen-bond donors (Lipinski definition) is 0. The van der Waals surface area contributed by atoms with Crippen LogP contribution >= 0.6 is 8.13 Å². The Bertz CT molecular complexity index is 486. The third-order valence-electron chi connectivity index (χ3n) is 2.52. The summed E-state index contributed by atoms with van der Waals surface area (Å²) < 4.78 is 0. The molecule has 2 aromatic carbocycles. The number of rotatable bonds is 3. The fourth-order valence-electron chi connectivity index (χ4n) is 1.87. The van der Waals surface area contributed by atoms with Crippen molar-refractivity contribution in [2.75, 3.05) is 0 Å². The molecule has 0 fully saturated rings. The van der Waals surface area contributed by atoms with Crippen molar-refractivity contribution in [2.24, 2.45) is 0 Å². The molecule has 0 aliphatic heterocycles. The van der Waals surface area contributed by atoms with Gasteiger partial charge in [0.05, 0.1) is 7.74 Å². The second-order valence-electron chi connectivity index (χ2n) is 5.29. The van der Waals surface area contributed by atoms with Gasteiger partial charge in [-0.2, -0.15) is 0 Å². The zero-order valence-electron chi connectivity index (χ0n) is 10.7. The summed E-state index contributed by atoms with van der Waals surface area (Å²) in [7, 11) is -0.0575. The Balaban J connectivity index is 2.41. The van der Waals surface area contributed by atoms with E-state index >= 15 is 0 Å². The van der Waals surface area contributed by atoms with Gasteiger partial charge in [-0.15, -0.1) is 8.13 Å². The molecule has 0 N–H and O–H groups in total. The van der Waals surface area contributed by atoms with E-state index in [0.717, 1.165) is 8.13 Å². The second-order valence-corrected chi connectivity index (χ2v) is 15.8. The first-order chi connectivity index (χ1) is 8.06. The SMILES string of the molecule is C[Si](C)(C)Pc1ccccc1-c1ccccc1. The molecule has 2 rings (SSSR count). The van der Waals surface area contributed by atoms with Crippen molar-refractivity contribution in [1.82, 2.24) is 0 Å². The summed E-state index contributed by atoms with van der Waals surface area (Å²) in [5.74, 6) is 0. The highest BCUT2D eigenvalue weighted by Crippen LogP contribution is 2.30. The second kappa shape index (κ2) is 5.16. The van der Waals surface area contributed by atoms with Gasteiger partial charge in [0, 0.05) is 0 Å². The lowest BCUT2D eigenvalue weighted by Gasteiger charge is -2.18. The minimum Gasteiger partial charge on any atom is -0.102 e. The van der Waals surface area contributed by atoms with Crippen molar-refractivity contribution in [1.29, 1.82) is 0 Å². The van der Waals surface area contributed by atoms with Gasteiger partial charge in [0.15, 0.2) is 0 Å². The standard InChI is InChI=1S/C15H19PSi/c1-17(2,3)16-15-12-8-7-11-14(15)13-9-5-4-6-10-13/h4-12,16H,1-3H3. The average Bonchev–Trinajstić information content (AvgIpc) is 2.29. The van der Waals surface area contributed by atoms with Crippen molar-refractivity contribution in [3.05, 3.63) is 54.6 Å². The van der Waals surface area contributed by atoms with E-state index in [1.807, 2.05) is 0 Å². The van der Waals surface area contributed by atoms with Crippen LogP contribution in [0.25, 0.3) is 11.1 Å². The van der Waals surface area contributed by atoms with Gasteiger partial charge in [0.2, 0.25) is 0 Å². The Labute approximate surface area is 107 Å². The van der Waals surface area contributed by atoms with E-state index in [9.17, 15) is 0 Å². The molecule has 0 aromatic heterocycles. The fourth-order valence-corrected chi connectivity index (χ4v) is 6.29. The molecule has 0 bridgehead atoms. The molecule has 0 heterocycles. The summed E-state index contributed by atoms with van der Waals surface area (Å²) in [5, 5.41) is 1.53. The van der Waals surface area contributed by atoms with Gasteiger partial charge in [-0.05, 0) is 16.4 Å². The molecule has 1 unspecified atom stereocenters. The van der Waals surface area contributed by atoms with Crippen LogP contribution in [-0.4, -0.2) is 7.74 Å². The monoisotopic (exact) mass is 258 g/mol. The van der Waals surface area contributed by atoms with Crippen molar-refractivity contribution in [3.63, 3.8) is 0 Å². The predicted molar refractivity (Wildman–Crippen MR) is 83.2 cm³/mol. The minimum atomic E-state index is -1.03. The normalized spacial score (nSPS) is 12.2. The van der Waals surface area contributed by atoms with Crippen molar-refractivity contribution in [2.45, 2.75) is 19.6 Å². The summed E-state index contributed by atoms with van der Waals surface area (Å²) in [5.41, 5.74) is 2.75. The van der Waals surface area contributed by atoms with Crippen LogP contribution in [0.5, 0.6) is 0 Å². The molecule has 0 aliphatic carbocycles. The molecule has 1 atom stereocenters. The Morgan fingerprint density at radius 3 is 2.00 bits per heavy atom. The van der Waals surface area contributed by atoms with E-state index < -0.39 is 7.74 Å². The third kappa shape index (κ3) is 3.52. The van der Waals surface area contributed by atoms with E-state index in [0.29, 0.717) is 0 Å². The maximum atomic E-state index is 2.44. The molecule has 0 nitrogen and oxygen atoms in total. The van der Waals surface area contributed by atoms with E-state index in [4.69, 9.17) is 0 Å². The average molecular weight is 258 g/mol. The van der Waals surface area contributed by atoms with Gasteiger partial charge in [-0.3, -0.25) is 0 Å². The van der Waals surface area contributed by atoms with Crippen LogP contribution in [0.4, 0.5) is 0 Å². The van der Waals surface area contributed by atoms with Crippen LogP contribution in [0.15, 0.2) is 54.6 Å². The molecule has 0 aliphatic rings. The van der Waals surface area contributed by atoms with Crippen LogP contribution in [0.2, 0.25) is 19.6 Å². The van der Waals surface area contributed by atoms with Gasteiger partial charge in [0.25, 0.3) is 0 Å². The molecular weight excluding hydrogens is 239 g/mol. The first-order valence-electron chi connectivity index (χ1n) is 5.99. The maximum Gasteiger partial charge on any atom is 0.0737 e. The van der Waals surface area contributed by atoms with Crippen LogP contribution in [-0.2, 0) is 0 Å². The van der Waals surface area contributed by atoms with Crippen LogP contribution < -0.4 is 5.30 Å². The number of hydrogen-bond acceptors (Lipinski definition) is 0. The fraction of sp³-hybridized carbons (Fsp3) is 0.200. The van der Waals surface area contributed by atoms with Gasteiger partial charge < -0.3 is 0 Å². The van der Waals surface area contributed by atoms with Crippen LogP contribution in [0, 0.1) is 0 Å². The largest absolute Gasteiger partial charge is 0.102 e. The lowest BCUT2D eigenvalue weighted by molar-refractivity contribution is 1.65. The van der Waals surface area contributed by atoms with E-state index in [2.05, 4.69) is 74.2 Å². The first kappa shape index (κ1) is 12.5. The predicted octanol–water partition coefficient (Wildman–Crippen LogP) is 4.49. The summed E-state index contributed by atoms with van der Waals surface area (Å²) in [6.07, 6.45) is 0. The molecule has 0 saturated carbocycles. The Kier molecular flexibility index (Phi) is 3.81. The van der Waals surface area contributed by atoms with E-state index in [1.165, 1.54) is 16.4 Å². The molecule has 0 amide bonds. The molecule has 0 saturated heterocycles. The highest BCUT2D eigenvalue weighted by Gasteiger charge is 2.16. The first-order valence-corrected chi connectivity index (χ1v) is 11.5. The summed E-state index contributed by atoms with van der Waals surface area (Å²) in [4.78, 5) is 0. The lowest BCUT2D eigenvalue weighted by atomic mass is 10.1. The lowest BCUT2D eigenvalue weighted by Crippen LogP contribution is -2.17. The highest BCUT2D eigenvalue weighted by atomic mass is 31.3. The van der Waals surface area contributed by atoms with E-state index in [1.54, 1.807) is 0 Å². The Morgan fingerprint density at radius 2 is 1.35 bits per heavy atom. The van der Waals surface area contributed by atoms with E-state index in [-0.39, 0.29) is 0 Å². The topological polar surface area (TPSA) is 0 Å². The van der Waals surface area contributed by atoms with Gasteiger partial charge in [0.1, 0.15) is 0 Å². The maximum absolute atomic E-state index is 2.44. The Morgan fingerprint density at radius 1 is 0.765 bits per heavy atom. The molecule has 2 aromatic rings. The summed E-state index contributed by atoms with van der Waals surface area (Å²) in [6, 6.07) is 19.5. The van der Waals surface area contributed by atoms with Crippen molar-refractivity contribution >= 4 is 21.2 Å². The van der Waals surface area contributed by atoms with Crippen LogP contribution in [0.3, 0.4) is 0 Å². The molecule has 0 spiro atoms. The Hall–Kier alpha value is -0.913. The third-order valence-corrected chi connectivity index (χ3v) is 7.03. The van der Waals surface area contributed by atoms with Crippen molar-refractivity contribution < 1.29 is 0 Å². The molecule has 0 radical (unpaired) electrons. The molecule has 17 heavy (non-hydrogen) atoms. The van der Waals surface area contributed by atoms with Gasteiger partial charge in [-0.1, -0.05) is 74.2 Å². The smallest absolute Gasteiger partial charge is 0.0737 e. The van der Waals surface area contributed by atoms with Gasteiger partial charge >= 0.3 is 0 Å². The van der Waals surface area contributed by atoms with Gasteiger partial charge in [-0.25, -0.2) is 0 Å². The molecular formula is C15H19PSi. The number of benzene rings is 2. The quantitative estimate of drug-likeness (QED) is 0.562.